The lowest BCUT2D eigenvalue weighted by Crippen LogP contribution is -2.70. The molecule has 0 amide bonds. The van der Waals surface area contributed by atoms with Crippen molar-refractivity contribution in [2.45, 2.75) is 95.5 Å². The summed E-state index contributed by atoms with van der Waals surface area (Å²) in [4.78, 5) is 25.1. The van der Waals surface area contributed by atoms with E-state index in [9.17, 15) is 19.1 Å². The third kappa shape index (κ3) is 2.36. The highest BCUT2D eigenvalue weighted by Gasteiger charge is 2.80. The second kappa shape index (κ2) is 6.23. The highest BCUT2D eigenvalue weighted by atomic mass is 19.1. The molecule has 8 atom stereocenters. The van der Waals surface area contributed by atoms with Crippen LogP contribution in [-0.2, 0) is 19.1 Å². The first kappa shape index (κ1) is 21.7. The molecule has 1 N–H and O–H groups in total. The van der Waals surface area contributed by atoms with Crippen molar-refractivity contribution in [3.05, 3.63) is 11.6 Å². The number of carbonyl (C=O) groups excluding carboxylic acids is 2. The van der Waals surface area contributed by atoms with Crippen LogP contribution in [0.5, 0.6) is 0 Å². The molecule has 172 valence electrons. The summed E-state index contributed by atoms with van der Waals surface area (Å²) < 4.78 is 43.2. The quantitative estimate of drug-likeness (QED) is 0.713. The van der Waals surface area contributed by atoms with Gasteiger partial charge in [-0.3, -0.25) is 9.59 Å². The Kier molecular flexibility index (Phi) is 4.35. The second-order valence-electron chi connectivity index (χ2n) is 11.3. The van der Waals surface area contributed by atoms with Crippen molar-refractivity contribution >= 4 is 11.6 Å². The van der Waals surface area contributed by atoms with Gasteiger partial charge in [0.1, 0.15) is 5.67 Å². The van der Waals surface area contributed by atoms with E-state index in [2.05, 4.69) is 0 Å². The van der Waals surface area contributed by atoms with Gasteiger partial charge in [-0.25, -0.2) is 8.78 Å². The molecule has 0 aromatic rings. The van der Waals surface area contributed by atoms with E-state index in [0.29, 0.717) is 25.7 Å². The normalized spacial score (nSPS) is 52.6. The maximum absolute atomic E-state index is 17.2. The molecule has 1 aliphatic heterocycles. The molecular formula is C24H32F2O5. The van der Waals surface area contributed by atoms with Crippen LogP contribution >= 0.6 is 0 Å². The molecule has 4 aliphatic carbocycles. The number of rotatable bonds is 2. The predicted molar refractivity (Wildman–Crippen MR) is 108 cm³/mol. The summed E-state index contributed by atoms with van der Waals surface area (Å²) in [7, 11) is 0. The monoisotopic (exact) mass is 438 g/mol. The number of alkyl halides is 2. The minimum Gasteiger partial charge on any atom is -0.390 e. The first-order chi connectivity index (χ1) is 14.4. The second-order valence-corrected chi connectivity index (χ2v) is 11.3. The lowest BCUT2D eigenvalue weighted by molar-refractivity contribution is -0.251. The minimum atomic E-state index is -1.92. The fraction of sp³-hybridized carbons (Fsp3) is 0.833. The van der Waals surface area contributed by atoms with Crippen LogP contribution in [0, 0.1) is 22.7 Å². The zero-order valence-corrected chi connectivity index (χ0v) is 18.7. The van der Waals surface area contributed by atoms with Crippen LogP contribution in [-0.4, -0.2) is 52.6 Å². The van der Waals surface area contributed by atoms with Crippen LogP contribution in [0.1, 0.15) is 66.2 Å². The average Bonchev–Trinajstić information content (AvgIpc) is 3.09. The molecule has 5 rings (SSSR count). The molecule has 1 heterocycles. The van der Waals surface area contributed by atoms with E-state index in [-0.39, 0.29) is 24.5 Å². The Morgan fingerprint density at radius 2 is 1.94 bits per heavy atom. The van der Waals surface area contributed by atoms with Crippen molar-refractivity contribution in [2.24, 2.45) is 22.7 Å². The lowest BCUT2D eigenvalue weighted by Gasteiger charge is -2.63. The molecule has 0 spiro atoms. The number of hydrogen-bond donors (Lipinski definition) is 1. The Bertz CT molecular complexity index is 885. The minimum absolute atomic E-state index is 0.0107. The van der Waals surface area contributed by atoms with Gasteiger partial charge in [-0.05, 0) is 57.9 Å². The highest BCUT2D eigenvalue weighted by molar-refractivity contribution is 5.92. The molecule has 0 aromatic carbocycles. The summed E-state index contributed by atoms with van der Waals surface area (Å²) in [5, 5.41) is 11.4. The number of allylic oxidation sites excluding steroid dienone is 1. The van der Waals surface area contributed by atoms with Gasteiger partial charge in [-0.2, -0.15) is 0 Å². The van der Waals surface area contributed by atoms with E-state index in [1.165, 1.54) is 0 Å². The Labute approximate surface area is 181 Å². The number of Topliss-reactive ketones (excluding diaryl/α,β-unsaturated/α-hetero) is 1. The standard InChI is InChI=1S/C24H32F2O5/c1-20(2)30-19-10-16-15-6-5-13-9-14(27)7-8-21(13,3)23(15,26)17(28)11-22(16,4)24(19,31-20)18(29)12-25/h9,15-17,19,28H,5-8,10-12H2,1-4H3/t15-,16-,17-,19+,21-,22-,23-,24+/m0/s1. The van der Waals surface area contributed by atoms with Gasteiger partial charge in [0, 0.05) is 23.2 Å². The van der Waals surface area contributed by atoms with Crippen LogP contribution < -0.4 is 0 Å². The highest BCUT2D eigenvalue weighted by Crippen LogP contribution is 2.72. The lowest BCUT2D eigenvalue weighted by atomic mass is 9.44. The Morgan fingerprint density at radius 3 is 2.61 bits per heavy atom. The van der Waals surface area contributed by atoms with Crippen LogP contribution in [0.4, 0.5) is 8.78 Å². The SMILES string of the molecule is CC1(C)O[C@@H]2C[C@H]3[C@@H]4CCC5=CC(=O)CC[C@]5(C)[C@@]4(F)[C@@H](O)C[C@]3(C)[C@]2(C(=O)CF)O1. The van der Waals surface area contributed by atoms with Crippen molar-refractivity contribution in [1.82, 2.24) is 0 Å². The van der Waals surface area contributed by atoms with Crippen molar-refractivity contribution in [3.8, 4) is 0 Å². The van der Waals surface area contributed by atoms with Crippen molar-refractivity contribution in [3.63, 3.8) is 0 Å². The van der Waals surface area contributed by atoms with Crippen LogP contribution in [0.3, 0.4) is 0 Å². The number of hydrogen-bond acceptors (Lipinski definition) is 5. The van der Waals surface area contributed by atoms with Crippen LogP contribution in [0.15, 0.2) is 11.6 Å². The third-order valence-electron chi connectivity index (χ3n) is 9.57. The Morgan fingerprint density at radius 1 is 1.23 bits per heavy atom. The van der Waals surface area contributed by atoms with E-state index in [0.717, 1.165) is 5.57 Å². The molecule has 7 heteroatoms. The first-order valence-electron chi connectivity index (χ1n) is 11.4. The van der Waals surface area contributed by atoms with Crippen molar-refractivity contribution < 1.29 is 33.0 Å². The van der Waals surface area contributed by atoms with Crippen LogP contribution in [0.2, 0.25) is 0 Å². The van der Waals surface area contributed by atoms with Crippen LogP contribution in [0.25, 0.3) is 0 Å². The summed E-state index contributed by atoms with van der Waals surface area (Å²) >= 11 is 0. The van der Waals surface area contributed by atoms with Gasteiger partial charge >= 0.3 is 0 Å². The fourth-order valence-corrected chi connectivity index (χ4v) is 8.27. The summed E-state index contributed by atoms with van der Waals surface area (Å²) in [6, 6.07) is 0. The zero-order chi connectivity index (χ0) is 22.6. The van der Waals surface area contributed by atoms with Crippen molar-refractivity contribution in [1.29, 1.82) is 0 Å². The predicted octanol–water partition coefficient (Wildman–Crippen LogP) is 3.62. The number of ketones is 2. The summed E-state index contributed by atoms with van der Waals surface area (Å²) in [5.41, 5.74) is -4.54. The van der Waals surface area contributed by atoms with Gasteiger partial charge in [-0.1, -0.05) is 19.4 Å². The fourth-order valence-electron chi connectivity index (χ4n) is 8.27. The topological polar surface area (TPSA) is 72.8 Å². The smallest absolute Gasteiger partial charge is 0.198 e. The van der Waals surface area contributed by atoms with Crippen molar-refractivity contribution in [2.75, 3.05) is 6.67 Å². The van der Waals surface area contributed by atoms with Gasteiger partial charge in [0.25, 0.3) is 0 Å². The molecular weight excluding hydrogens is 406 g/mol. The Balaban J connectivity index is 1.63. The molecule has 5 nitrogen and oxygen atoms in total. The maximum Gasteiger partial charge on any atom is 0.198 e. The van der Waals surface area contributed by atoms with E-state index >= 15 is 4.39 Å². The molecule has 31 heavy (non-hydrogen) atoms. The number of carbonyl (C=O) groups is 2. The van der Waals surface area contributed by atoms with E-state index in [4.69, 9.17) is 9.47 Å². The molecule has 1 saturated heterocycles. The molecule has 5 aliphatic rings. The Hall–Kier alpha value is -1.18. The average molecular weight is 439 g/mol. The maximum atomic E-state index is 17.2. The molecule has 0 aromatic heterocycles. The molecule has 0 unspecified atom stereocenters. The van der Waals surface area contributed by atoms with E-state index in [1.54, 1.807) is 19.9 Å². The number of ether oxygens (including phenoxy) is 2. The largest absolute Gasteiger partial charge is 0.390 e. The number of aliphatic hydroxyl groups excluding tert-OH is 1. The van der Waals surface area contributed by atoms with E-state index < -0.39 is 58.5 Å². The summed E-state index contributed by atoms with van der Waals surface area (Å²) in [6.07, 6.45) is 1.62. The number of aliphatic hydroxyl groups is 1. The zero-order valence-electron chi connectivity index (χ0n) is 18.7. The summed E-state index contributed by atoms with van der Waals surface area (Å²) in [5.74, 6) is -2.55. The number of fused-ring (bicyclic) bond motifs is 7. The first-order valence-corrected chi connectivity index (χ1v) is 11.4. The van der Waals surface area contributed by atoms with Gasteiger partial charge in [0.05, 0.1) is 12.2 Å². The number of halogens is 2. The molecule has 4 fully saturated rings. The van der Waals surface area contributed by atoms with Gasteiger partial charge in [0.2, 0.25) is 0 Å². The van der Waals surface area contributed by atoms with Gasteiger partial charge < -0.3 is 14.6 Å². The summed E-state index contributed by atoms with van der Waals surface area (Å²) in [6.45, 7) is 5.89. The van der Waals surface area contributed by atoms with Gasteiger partial charge in [-0.15, -0.1) is 0 Å². The van der Waals surface area contributed by atoms with Gasteiger partial charge in [0.15, 0.2) is 29.6 Å². The molecule has 0 bridgehead atoms. The molecule has 3 saturated carbocycles. The van der Waals surface area contributed by atoms with E-state index in [1.807, 2.05) is 13.8 Å². The third-order valence-corrected chi connectivity index (χ3v) is 9.57. The molecule has 0 radical (unpaired) electrons.